The number of nitrogens with zero attached hydrogens (tertiary/aromatic N) is 2. The van der Waals surface area contributed by atoms with Crippen molar-refractivity contribution in [3.05, 3.63) is 59.7 Å². The van der Waals surface area contributed by atoms with Gasteiger partial charge in [-0.05, 0) is 49.0 Å². The molecule has 0 spiro atoms. The zero-order valence-corrected chi connectivity index (χ0v) is 14.3. The van der Waals surface area contributed by atoms with Crippen LogP contribution >= 0.6 is 0 Å². The highest BCUT2D eigenvalue weighted by Crippen LogP contribution is 2.05. The molecule has 0 aliphatic carbocycles. The van der Waals surface area contributed by atoms with Crippen molar-refractivity contribution in [2.24, 2.45) is 0 Å². The van der Waals surface area contributed by atoms with Crippen molar-refractivity contribution in [2.45, 2.75) is 19.1 Å². The Morgan fingerprint density at radius 3 is 2.41 bits per heavy atom. The van der Waals surface area contributed by atoms with Gasteiger partial charge in [0, 0.05) is 23.5 Å². The fourth-order valence-electron chi connectivity index (χ4n) is 1.97. The number of amides is 2. The van der Waals surface area contributed by atoms with Crippen LogP contribution in [0.15, 0.2) is 42.9 Å². The van der Waals surface area contributed by atoms with Crippen LogP contribution in [0.3, 0.4) is 0 Å². The number of hydrogen-bond acceptors (Lipinski definition) is 6. The van der Waals surface area contributed by atoms with Gasteiger partial charge in [0.1, 0.15) is 11.7 Å². The first-order valence-corrected chi connectivity index (χ1v) is 7.82. The molecule has 2 rings (SSSR count). The fourth-order valence-corrected chi connectivity index (χ4v) is 1.97. The van der Waals surface area contributed by atoms with E-state index in [1.54, 1.807) is 18.3 Å². The number of carbonyl (C=O) groups is 2. The van der Waals surface area contributed by atoms with E-state index in [9.17, 15) is 14.7 Å². The van der Waals surface area contributed by atoms with Crippen molar-refractivity contribution in [3.63, 3.8) is 0 Å². The summed E-state index contributed by atoms with van der Waals surface area (Å²) in [7, 11) is 0. The van der Waals surface area contributed by atoms with Gasteiger partial charge in [-0.3, -0.25) is 19.8 Å². The topological polar surface area (TPSA) is 124 Å². The minimum atomic E-state index is -1.28. The minimum absolute atomic E-state index is 0.266. The number of benzene rings is 1. The quantitative estimate of drug-likeness (QED) is 0.340. The van der Waals surface area contributed by atoms with Crippen LogP contribution in [-0.2, 0) is 4.79 Å². The predicted octanol–water partition coefficient (Wildman–Crippen LogP) is -0.136. The number of aliphatic hydroxyl groups excluding tert-OH is 1. The average Bonchev–Trinajstić information content (AvgIpc) is 2.69. The number of aromatic nitrogens is 2. The van der Waals surface area contributed by atoms with Gasteiger partial charge in [0.2, 0.25) is 0 Å². The zero-order chi connectivity index (χ0) is 19.6. The van der Waals surface area contributed by atoms with Crippen molar-refractivity contribution in [1.82, 2.24) is 20.8 Å². The summed E-state index contributed by atoms with van der Waals surface area (Å²) in [5.74, 6) is 9.42. The van der Waals surface area contributed by atoms with E-state index in [0.29, 0.717) is 11.3 Å². The molecule has 8 heteroatoms. The molecule has 27 heavy (non-hydrogen) atoms. The van der Waals surface area contributed by atoms with E-state index >= 15 is 0 Å². The second-order valence-electron chi connectivity index (χ2n) is 5.34. The molecule has 2 atom stereocenters. The Morgan fingerprint density at radius 2 is 1.81 bits per heavy atom. The molecule has 1 aromatic heterocycles. The Hall–Kier alpha value is -3.72. The number of nitrogens with one attached hydrogen (secondary N) is 2. The number of carbonyl (C=O) groups excluding carboxylic acids is 2. The van der Waals surface area contributed by atoms with Crippen LogP contribution in [0.1, 0.15) is 28.5 Å². The summed E-state index contributed by atoms with van der Waals surface area (Å²) < 4.78 is 0. The predicted molar refractivity (Wildman–Crippen MR) is 95.1 cm³/mol. The van der Waals surface area contributed by atoms with Crippen molar-refractivity contribution < 1.29 is 19.9 Å². The second-order valence-corrected chi connectivity index (χ2v) is 5.34. The summed E-state index contributed by atoms with van der Waals surface area (Å²) in [5, 5.41) is 20.5. The molecule has 0 radical (unpaired) electrons. The Labute approximate surface area is 155 Å². The molecule has 2 aromatic rings. The lowest BCUT2D eigenvalue weighted by atomic mass is 10.1. The van der Waals surface area contributed by atoms with Gasteiger partial charge >= 0.3 is 0 Å². The van der Waals surface area contributed by atoms with Gasteiger partial charge in [0.25, 0.3) is 11.8 Å². The summed E-state index contributed by atoms with van der Waals surface area (Å²) >= 11 is 0. The lowest BCUT2D eigenvalue weighted by Gasteiger charge is -2.19. The molecule has 0 saturated heterocycles. The lowest BCUT2D eigenvalue weighted by Crippen LogP contribution is -2.51. The number of hydroxylamine groups is 1. The number of hydrogen-bond donors (Lipinski definition) is 4. The molecule has 2 amide bonds. The van der Waals surface area contributed by atoms with E-state index in [2.05, 4.69) is 39.0 Å². The lowest BCUT2D eigenvalue weighted by molar-refractivity contribution is -0.133. The summed E-state index contributed by atoms with van der Waals surface area (Å²) in [6, 6.07) is 5.00. The molecule has 0 unspecified atom stereocenters. The molecule has 0 aliphatic rings. The van der Waals surface area contributed by atoms with Gasteiger partial charge in [-0.25, -0.2) is 10.5 Å². The first-order valence-electron chi connectivity index (χ1n) is 7.82. The van der Waals surface area contributed by atoms with E-state index in [0.717, 1.165) is 0 Å². The van der Waals surface area contributed by atoms with E-state index < -0.39 is 24.0 Å². The van der Waals surface area contributed by atoms with Crippen LogP contribution in [0, 0.1) is 23.7 Å². The van der Waals surface area contributed by atoms with Gasteiger partial charge in [0.15, 0.2) is 0 Å². The van der Waals surface area contributed by atoms with Crippen LogP contribution in [0.4, 0.5) is 0 Å². The summed E-state index contributed by atoms with van der Waals surface area (Å²) in [4.78, 5) is 31.5. The highest BCUT2D eigenvalue weighted by atomic mass is 16.5. The van der Waals surface area contributed by atoms with Crippen molar-refractivity contribution >= 4 is 11.8 Å². The maximum Gasteiger partial charge on any atom is 0.268 e. The van der Waals surface area contributed by atoms with Gasteiger partial charge in [-0.15, -0.1) is 0 Å². The Morgan fingerprint density at radius 1 is 1.11 bits per heavy atom. The van der Waals surface area contributed by atoms with Gasteiger partial charge < -0.3 is 10.4 Å². The highest BCUT2D eigenvalue weighted by Gasteiger charge is 2.25. The summed E-state index contributed by atoms with van der Waals surface area (Å²) in [6.45, 7) is 1.32. The standard InChI is InChI=1S/C19H16N4O4/c1-13(24)17(19(26)23-27)22-18(25)15-8-6-14(7-9-15)4-2-3-5-16-12-20-10-11-21-16/h6-13,17,24,27H,1H3,(H,22,25)(H,23,26)/t13-,17+/m1/s1. The van der Waals surface area contributed by atoms with Crippen LogP contribution in [-0.4, -0.2) is 44.2 Å². The van der Waals surface area contributed by atoms with Crippen LogP contribution in [0.25, 0.3) is 0 Å². The number of aliphatic hydroxyl groups is 1. The molecular formula is C19H16N4O4. The monoisotopic (exact) mass is 364 g/mol. The van der Waals surface area contributed by atoms with Gasteiger partial charge in [-0.2, -0.15) is 0 Å². The number of rotatable bonds is 4. The van der Waals surface area contributed by atoms with Crippen molar-refractivity contribution in [1.29, 1.82) is 0 Å². The van der Waals surface area contributed by atoms with Gasteiger partial charge in [0.05, 0.1) is 12.3 Å². The zero-order valence-electron chi connectivity index (χ0n) is 14.3. The first kappa shape index (κ1) is 19.6. The van der Waals surface area contributed by atoms with E-state index in [4.69, 9.17) is 5.21 Å². The Kier molecular flexibility index (Phi) is 7.03. The molecule has 1 heterocycles. The summed E-state index contributed by atoms with van der Waals surface area (Å²) in [5.41, 5.74) is 2.82. The van der Waals surface area contributed by atoms with Crippen molar-refractivity contribution in [2.75, 3.05) is 0 Å². The van der Waals surface area contributed by atoms with Crippen LogP contribution in [0.5, 0.6) is 0 Å². The molecule has 1 aromatic carbocycles. The van der Waals surface area contributed by atoms with E-state index in [-0.39, 0.29) is 5.56 Å². The normalized spacial score (nSPS) is 11.7. The molecule has 0 bridgehead atoms. The first-order chi connectivity index (χ1) is 13.0. The second kappa shape index (κ2) is 9.68. The SMILES string of the molecule is C[C@@H](O)[C@H](NC(=O)c1ccc(C#CC#Cc2cnccn2)cc1)C(=O)NO. The van der Waals surface area contributed by atoms with Crippen LogP contribution in [0.2, 0.25) is 0 Å². The smallest absolute Gasteiger partial charge is 0.268 e. The van der Waals surface area contributed by atoms with Crippen LogP contribution < -0.4 is 10.8 Å². The maximum absolute atomic E-state index is 12.2. The maximum atomic E-state index is 12.2. The molecule has 0 fully saturated rings. The molecular weight excluding hydrogens is 348 g/mol. The Bertz CT molecular complexity index is 919. The molecule has 0 aliphatic heterocycles. The highest BCUT2D eigenvalue weighted by molar-refractivity contribution is 5.97. The Balaban J connectivity index is 2.03. The molecule has 136 valence electrons. The molecule has 8 nitrogen and oxygen atoms in total. The van der Waals surface area contributed by atoms with Gasteiger partial charge in [-0.1, -0.05) is 5.92 Å². The molecule has 0 saturated carbocycles. The third-order valence-corrected chi connectivity index (χ3v) is 3.33. The molecule has 4 N–H and O–H groups in total. The third kappa shape index (κ3) is 5.94. The average molecular weight is 364 g/mol. The van der Waals surface area contributed by atoms with E-state index in [1.165, 1.54) is 36.9 Å². The largest absolute Gasteiger partial charge is 0.391 e. The summed E-state index contributed by atoms with van der Waals surface area (Å²) in [6.07, 6.45) is 3.43. The fraction of sp³-hybridized carbons (Fsp3) is 0.158. The third-order valence-electron chi connectivity index (χ3n) is 3.33. The van der Waals surface area contributed by atoms with E-state index in [1.807, 2.05) is 0 Å². The minimum Gasteiger partial charge on any atom is -0.391 e. The van der Waals surface area contributed by atoms with Crippen molar-refractivity contribution in [3.8, 4) is 23.7 Å².